The number of carbonyl (C=O) groups is 1. The highest BCUT2D eigenvalue weighted by Crippen LogP contribution is 2.17. The van der Waals surface area contributed by atoms with E-state index < -0.39 is 0 Å². The zero-order valence-electron chi connectivity index (χ0n) is 11.2. The Morgan fingerprint density at radius 3 is 2.33 bits per heavy atom. The summed E-state index contributed by atoms with van der Waals surface area (Å²) in [5.74, 6) is -0.121. The number of rotatable bonds is 3. The topological polar surface area (TPSA) is 29.5 Å². The smallest absolute Gasteiger partial charge is 0.307 e. The number of ether oxygens (including phenoxy) is 1. The van der Waals surface area contributed by atoms with Crippen LogP contribution in [0, 0.1) is 0 Å². The van der Waals surface area contributed by atoms with Gasteiger partial charge in [0.05, 0.1) is 13.5 Å². The van der Waals surface area contributed by atoms with Crippen molar-refractivity contribution < 1.29 is 9.53 Å². The lowest BCUT2D eigenvalue weighted by Crippen LogP contribution is -2.36. The quantitative estimate of drug-likeness (QED) is 0.766. The Kier molecular flexibility index (Phi) is 4.37. The molecule has 1 aliphatic heterocycles. The van der Waals surface area contributed by atoms with Crippen LogP contribution in [-0.2, 0) is 22.4 Å². The average Bonchev–Trinajstić information content (AvgIpc) is 2.61. The number of methoxy groups -OCH3 is 1. The number of carbonyl (C=O) groups excluding carboxylic acids is 1. The van der Waals surface area contributed by atoms with Crippen LogP contribution in [0.3, 0.4) is 0 Å². The van der Waals surface area contributed by atoms with E-state index >= 15 is 0 Å². The molecule has 0 radical (unpaired) electrons. The number of nitrogens with zero attached hydrogens (tertiary/aromatic N) is 1. The third kappa shape index (κ3) is 3.10. The number of esters is 1. The second-order valence-corrected chi connectivity index (χ2v) is 4.93. The second kappa shape index (κ2) is 6.01. The molecular weight excluding hydrogens is 226 g/mol. The van der Waals surface area contributed by atoms with E-state index in [0.29, 0.717) is 6.42 Å². The maximum atomic E-state index is 11.3. The second-order valence-electron chi connectivity index (χ2n) is 4.93. The highest BCUT2D eigenvalue weighted by Gasteiger charge is 2.20. The zero-order valence-corrected chi connectivity index (χ0v) is 11.2. The fraction of sp³-hybridized carbons (Fsp3) is 0.533. The van der Waals surface area contributed by atoms with Gasteiger partial charge in [-0.15, -0.1) is 0 Å². The van der Waals surface area contributed by atoms with Gasteiger partial charge in [-0.05, 0) is 30.9 Å². The largest absolute Gasteiger partial charge is 0.469 e. The fourth-order valence-corrected chi connectivity index (χ4v) is 2.58. The van der Waals surface area contributed by atoms with Gasteiger partial charge in [0.1, 0.15) is 0 Å². The van der Waals surface area contributed by atoms with Gasteiger partial charge in [-0.25, -0.2) is 0 Å². The van der Waals surface area contributed by atoms with Crippen LogP contribution in [0.15, 0.2) is 24.3 Å². The first-order chi connectivity index (χ1) is 8.70. The maximum Gasteiger partial charge on any atom is 0.307 e. The van der Waals surface area contributed by atoms with Crippen molar-refractivity contribution >= 4 is 5.97 Å². The molecule has 0 saturated carbocycles. The number of hydrogen-bond donors (Lipinski definition) is 0. The van der Waals surface area contributed by atoms with Crippen molar-refractivity contribution in [1.29, 1.82) is 0 Å². The molecule has 0 spiro atoms. The van der Waals surface area contributed by atoms with E-state index in [4.69, 9.17) is 4.74 Å². The van der Waals surface area contributed by atoms with Crippen LogP contribution in [0.2, 0.25) is 0 Å². The van der Waals surface area contributed by atoms with Gasteiger partial charge in [0.25, 0.3) is 0 Å². The number of hydrogen-bond acceptors (Lipinski definition) is 3. The van der Waals surface area contributed by atoms with Crippen LogP contribution in [0.5, 0.6) is 0 Å². The van der Waals surface area contributed by atoms with Crippen molar-refractivity contribution in [2.24, 2.45) is 0 Å². The predicted molar refractivity (Wildman–Crippen MR) is 71.5 cm³/mol. The van der Waals surface area contributed by atoms with Gasteiger partial charge in [0.2, 0.25) is 0 Å². The summed E-state index contributed by atoms with van der Waals surface area (Å²) in [6.45, 7) is 4.15. The summed E-state index contributed by atoms with van der Waals surface area (Å²) in [7, 11) is 1.45. The Morgan fingerprint density at radius 1 is 1.28 bits per heavy atom. The molecule has 0 saturated heterocycles. The summed E-state index contributed by atoms with van der Waals surface area (Å²) in [5, 5.41) is 0. The Morgan fingerprint density at radius 2 is 1.83 bits per heavy atom. The van der Waals surface area contributed by atoms with Gasteiger partial charge in [-0.3, -0.25) is 9.69 Å². The molecule has 3 heteroatoms. The van der Waals surface area contributed by atoms with Gasteiger partial charge in [-0.1, -0.05) is 24.3 Å². The van der Waals surface area contributed by atoms with E-state index in [1.807, 2.05) is 0 Å². The van der Waals surface area contributed by atoms with Crippen molar-refractivity contribution in [3.63, 3.8) is 0 Å². The van der Waals surface area contributed by atoms with Gasteiger partial charge >= 0.3 is 5.97 Å². The predicted octanol–water partition coefficient (Wildman–Crippen LogP) is 2.04. The van der Waals surface area contributed by atoms with Crippen LogP contribution in [0.1, 0.15) is 24.5 Å². The van der Waals surface area contributed by atoms with E-state index in [1.165, 1.54) is 18.2 Å². The van der Waals surface area contributed by atoms with E-state index in [0.717, 1.165) is 25.9 Å². The summed E-state index contributed by atoms with van der Waals surface area (Å²) in [4.78, 5) is 13.7. The Balaban J connectivity index is 1.97. The van der Waals surface area contributed by atoms with Crippen LogP contribution >= 0.6 is 0 Å². The maximum absolute atomic E-state index is 11.3. The molecule has 3 nitrogen and oxygen atoms in total. The summed E-state index contributed by atoms with van der Waals surface area (Å²) in [5.41, 5.74) is 2.90. The molecule has 1 aromatic rings. The summed E-state index contributed by atoms with van der Waals surface area (Å²) >= 11 is 0. The molecule has 1 heterocycles. The van der Waals surface area contributed by atoms with E-state index in [1.54, 1.807) is 0 Å². The first-order valence-corrected chi connectivity index (χ1v) is 6.58. The van der Waals surface area contributed by atoms with Crippen LogP contribution in [0.4, 0.5) is 0 Å². The first-order valence-electron chi connectivity index (χ1n) is 6.58. The lowest BCUT2D eigenvalue weighted by Gasteiger charge is -2.26. The standard InChI is InChI=1S/C15H21NO2/c1-12(11-15(17)18-2)16-9-7-13-5-3-4-6-14(13)8-10-16/h3-6,12H,7-11H2,1-2H3. The molecule has 0 amide bonds. The third-order valence-corrected chi connectivity index (χ3v) is 3.77. The highest BCUT2D eigenvalue weighted by atomic mass is 16.5. The molecule has 1 atom stereocenters. The lowest BCUT2D eigenvalue weighted by molar-refractivity contribution is -0.141. The lowest BCUT2D eigenvalue weighted by atomic mass is 10.0. The molecule has 0 fully saturated rings. The first kappa shape index (κ1) is 13.1. The van der Waals surface area contributed by atoms with Gasteiger partial charge < -0.3 is 4.74 Å². The van der Waals surface area contributed by atoms with Gasteiger partial charge in [0.15, 0.2) is 0 Å². The van der Waals surface area contributed by atoms with Crippen molar-refractivity contribution in [3.05, 3.63) is 35.4 Å². The summed E-state index contributed by atoms with van der Waals surface area (Å²) in [6.07, 6.45) is 2.62. The molecule has 0 aromatic heterocycles. The van der Waals surface area contributed by atoms with Crippen molar-refractivity contribution in [2.45, 2.75) is 32.2 Å². The molecule has 0 bridgehead atoms. The van der Waals surface area contributed by atoms with Gasteiger partial charge in [0, 0.05) is 19.1 Å². The summed E-state index contributed by atoms with van der Waals surface area (Å²) in [6, 6.07) is 8.89. The normalized spacial score (nSPS) is 17.7. The Bertz CT molecular complexity index is 390. The van der Waals surface area contributed by atoms with Crippen LogP contribution < -0.4 is 0 Å². The molecule has 1 unspecified atom stereocenters. The minimum absolute atomic E-state index is 0.121. The minimum atomic E-state index is -0.121. The zero-order chi connectivity index (χ0) is 13.0. The number of fused-ring (bicyclic) bond motifs is 1. The van der Waals surface area contributed by atoms with Gasteiger partial charge in [-0.2, -0.15) is 0 Å². The molecule has 0 aliphatic carbocycles. The Labute approximate surface area is 109 Å². The molecule has 1 aliphatic rings. The Hall–Kier alpha value is -1.35. The molecular formula is C15H21NO2. The number of benzene rings is 1. The van der Waals surface area contributed by atoms with E-state index in [9.17, 15) is 4.79 Å². The minimum Gasteiger partial charge on any atom is -0.469 e. The third-order valence-electron chi connectivity index (χ3n) is 3.77. The average molecular weight is 247 g/mol. The molecule has 18 heavy (non-hydrogen) atoms. The SMILES string of the molecule is COC(=O)CC(C)N1CCc2ccccc2CC1. The molecule has 0 N–H and O–H groups in total. The van der Waals surface area contributed by atoms with E-state index in [2.05, 4.69) is 36.1 Å². The molecule has 1 aromatic carbocycles. The summed E-state index contributed by atoms with van der Waals surface area (Å²) < 4.78 is 4.74. The monoisotopic (exact) mass is 247 g/mol. The van der Waals surface area contributed by atoms with Crippen LogP contribution in [-0.4, -0.2) is 37.1 Å². The van der Waals surface area contributed by atoms with Crippen LogP contribution in [0.25, 0.3) is 0 Å². The molecule has 2 rings (SSSR count). The van der Waals surface area contributed by atoms with Crippen molar-refractivity contribution in [1.82, 2.24) is 4.90 Å². The molecule has 98 valence electrons. The highest BCUT2D eigenvalue weighted by molar-refractivity contribution is 5.69. The van der Waals surface area contributed by atoms with E-state index in [-0.39, 0.29) is 12.0 Å². The fourth-order valence-electron chi connectivity index (χ4n) is 2.58. The van der Waals surface area contributed by atoms with Crippen molar-refractivity contribution in [3.8, 4) is 0 Å². The van der Waals surface area contributed by atoms with Crippen molar-refractivity contribution in [2.75, 3.05) is 20.2 Å².